The largest absolute Gasteiger partial charge is 0.549 e. The van der Waals surface area contributed by atoms with E-state index in [4.69, 9.17) is 0 Å². The summed E-state index contributed by atoms with van der Waals surface area (Å²) in [6.45, 7) is 2.76. The topological polar surface area (TPSA) is 43.4 Å². The molecule has 1 atom stereocenters. The van der Waals surface area contributed by atoms with Gasteiger partial charge in [0.1, 0.15) is 0 Å². The van der Waals surface area contributed by atoms with Gasteiger partial charge in [-0.15, -0.1) is 11.8 Å². The number of aryl methyl sites for hydroxylation is 1. The first-order valence-corrected chi connectivity index (χ1v) is 6.46. The maximum atomic E-state index is 11.0. The predicted octanol–water partition coefficient (Wildman–Crippen LogP) is 1.16. The lowest BCUT2D eigenvalue weighted by atomic mass is 10.2. The first-order valence-electron chi connectivity index (χ1n) is 5.58. The van der Waals surface area contributed by atoms with E-state index in [0.29, 0.717) is 6.42 Å². The highest BCUT2D eigenvalue weighted by molar-refractivity contribution is 8.00. The van der Waals surface area contributed by atoms with Crippen molar-refractivity contribution in [3.8, 4) is 0 Å². The molecular weight excluding hydrogens is 234 g/mol. The van der Waals surface area contributed by atoms with Crippen LogP contribution >= 0.6 is 11.8 Å². The third kappa shape index (κ3) is 5.24. The Morgan fingerprint density at radius 3 is 2.41 bits per heavy atom. The second kappa shape index (κ2) is 6.67. The highest BCUT2D eigenvalue weighted by atomic mass is 32.2. The maximum absolute atomic E-state index is 11.0. The minimum Gasteiger partial charge on any atom is -0.549 e. The molecule has 0 aromatic heterocycles. The number of aliphatic carboxylic acids is 1. The van der Waals surface area contributed by atoms with E-state index in [-0.39, 0.29) is 0 Å². The van der Waals surface area contributed by atoms with Crippen LogP contribution in [0.4, 0.5) is 0 Å². The fourth-order valence-electron chi connectivity index (χ4n) is 1.38. The smallest absolute Gasteiger partial charge is 0.0548 e. The lowest BCUT2D eigenvalue weighted by Crippen LogP contribution is -2.35. The van der Waals surface area contributed by atoms with Gasteiger partial charge in [-0.2, -0.15) is 0 Å². The van der Waals surface area contributed by atoms with E-state index in [2.05, 4.69) is 0 Å². The van der Waals surface area contributed by atoms with Crippen LogP contribution in [0.15, 0.2) is 29.2 Å². The standard InChI is InChI=1S/C13H19NO2S/c1-10-4-6-11(7-5-10)17-12(13(15)16)8-9-14(2)3/h4-7,12H,8-9H2,1-3H3,(H,15,16)/p-1. The number of benzene rings is 1. The summed E-state index contributed by atoms with van der Waals surface area (Å²) < 4.78 is 0. The molecule has 0 saturated carbocycles. The molecule has 0 amide bonds. The first kappa shape index (κ1) is 14.1. The van der Waals surface area contributed by atoms with Crippen LogP contribution in [-0.2, 0) is 4.79 Å². The Morgan fingerprint density at radius 1 is 1.35 bits per heavy atom. The summed E-state index contributed by atoms with van der Waals surface area (Å²) >= 11 is 1.36. The van der Waals surface area contributed by atoms with Gasteiger partial charge in [0.25, 0.3) is 0 Å². The molecule has 94 valence electrons. The summed E-state index contributed by atoms with van der Waals surface area (Å²) in [6, 6.07) is 7.87. The van der Waals surface area contributed by atoms with E-state index < -0.39 is 11.2 Å². The summed E-state index contributed by atoms with van der Waals surface area (Å²) in [5, 5.41) is 10.5. The third-order valence-electron chi connectivity index (χ3n) is 2.40. The number of hydrogen-bond donors (Lipinski definition) is 0. The summed E-state index contributed by atoms with van der Waals surface area (Å²) in [5.74, 6) is -0.988. The molecule has 0 N–H and O–H groups in total. The third-order valence-corrected chi connectivity index (χ3v) is 3.66. The van der Waals surface area contributed by atoms with Gasteiger partial charge in [0.15, 0.2) is 0 Å². The predicted molar refractivity (Wildman–Crippen MR) is 69.0 cm³/mol. The Labute approximate surface area is 107 Å². The average molecular weight is 252 g/mol. The molecular formula is C13H18NO2S-. The molecule has 3 nitrogen and oxygen atoms in total. The number of carboxylic acids is 1. The minimum atomic E-state index is -0.988. The van der Waals surface area contributed by atoms with Crippen molar-refractivity contribution in [2.45, 2.75) is 23.5 Å². The number of nitrogens with zero attached hydrogens (tertiary/aromatic N) is 1. The second-order valence-corrected chi connectivity index (χ2v) is 5.61. The molecule has 0 bridgehead atoms. The van der Waals surface area contributed by atoms with Crippen LogP contribution in [0.5, 0.6) is 0 Å². The molecule has 1 unspecified atom stereocenters. The van der Waals surface area contributed by atoms with Crippen molar-refractivity contribution < 1.29 is 9.90 Å². The van der Waals surface area contributed by atoms with Gasteiger partial charge >= 0.3 is 0 Å². The van der Waals surface area contributed by atoms with Gasteiger partial charge in [-0.3, -0.25) is 0 Å². The molecule has 0 spiro atoms. The van der Waals surface area contributed by atoms with E-state index in [1.165, 1.54) is 17.3 Å². The molecule has 17 heavy (non-hydrogen) atoms. The number of carbonyl (C=O) groups excluding carboxylic acids is 1. The number of thioether (sulfide) groups is 1. The van der Waals surface area contributed by atoms with Crippen molar-refractivity contribution in [1.82, 2.24) is 4.90 Å². The normalized spacial score (nSPS) is 12.7. The molecule has 0 heterocycles. The first-order chi connectivity index (χ1) is 7.99. The molecule has 0 radical (unpaired) electrons. The van der Waals surface area contributed by atoms with E-state index >= 15 is 0 Å². The van der Waals surface area contributed by atoms with Crippen LogP contribution < -0.4 is 5.11 Å². The van der Waals surface area contributed by atoms with Crippen molar-refractivity contribution >= 4 is 17.7 Å². The molecule has 0 aliphatic rings. The average Bonchev–Trinajstić information content (AvgIpc) is 2.26. The summed E-state index contributed by atoms with van der Waals surface area (Å²) in [5.41, 5.74) is 1.17. The number of hydrogen-bond acceptors (Lipinski definition) is 4. The SMILES string of the molecule is Cc1ccc(SC(CCN(C)C)C(=O)[O-])cc1. The van der Waals surface area contributed by atoms with Crippen LogP contribution in [0.2, 0.25) is 0 Å². The molecule has 4 heteroatoms. The lowest BCUT2D eigenvalue weighted by molar-refractivity contribution is -0.304. The number of carbonyl (C=O) groups is 1. The van der Waals surface area contributed by atoms with Crippen LogP contribution in [0.3, 0.4) is 0 Å². The Kier molecular flexibility index (Phi) is 5.51. The fraction of sp³-hybridized carbons (Fsp3) is 0.462. The monoisotopic (exact) mass is 252 g/mol. The van der Waals surface area contributed by atoms with Crippen LogP contribution in [0.25, 0.3) is 0 Å². The van der Waals surface area contributed by atoms with Gasteiger partial charge in [0.2, 0.25) is 0 Å². The molecule has 1 rings (SSSR count). The van der Waals surface area contributed by atoms with Crippen LogP contribution in [-0.4, -0.2) is 36.8 Å². The van der Waals surface area contributed by atoms with Crippen molar-refractivity contribution in [2.75, 3.05) is 20.6 Å². The molecule has 1 aromatic carbocycles. The van der Waals surface area contributed by atoms with Crippen molar-refractivity contribution in [3.05, 3.63) is 29.8 Å². The van der Waals surface area contributed by atoms with E-state index in [1.807, 2.05) is 50.2 Å². The maximum Gasteiger partial charge on any atom is 0.0548 e. The lowest BCUT2D eigenvalue weighted by Gasteiger charge is -2.19. The van der Waals surface area contributed by atoms with Crippen LogP contribution in [0.1, 0.15) is 12.0 Å². The fourth-order valence-corrected chi connectivity index (χ4v) is 2.32. The number of carboxylic acid groups (broad SMARTS) is 1. The molecule has 0 fully saturated rings. The van der Waals surface area contributed by atoms with Crippen molar-refractivity contribution in [2.24, 2.45) is 0 Å². The summed E-state index contributed by atoms with van der Waals surface area (Å²) in [4.78, 5) is 14.0. The van der Waals surface area contributed by atoms with Gasteiger partial charge in [-0.1, -0.05) is 17.7 Å². The highest BCUT2D eigenvalue weighted by Gasteiger charge is 2.12. The summed E-state index contributed by atoms with van der Waals surface area (Å²) in [6.07, 6.45) is 0.591. The van der Waals surface area contributed by atoms with Crippen molar-refractivity contribution in [1.29, 1.82) is 0 Å². The Hall–Kier alpha value is -1.00. The number of rotatable bonds is 6. The molecule has 0 aliphatic carbocycles. The van der Waals surface area contributed by atoms with E-state index in [0.717, 1.165) is 11.4 Å². The van der Waals surface area contributed by atoms with Gasteiger partial charge in [0, 0.05) is 4.90 Å². The van der Waals surface area contributed by atoms with Gasteiger partial charge in [-0.25, -0.2) is 0 Å². The Morgan fingerprint density at radius 2 is 1.94 bits per heavy atom. The zero-order valence-electron chi connectivity index (χ0n) is 10.5. The summed E-state index contributed by atoms with van der Waals surface area (Å²) in [7, 11) is 3.87. The highest BCUT2D eigenvalue weighted by Crippen LogP contribution is 2.25. The Bertz CT molecular complexity index is 362. The van der Waals surface area contributed by atoms with Crippen LogP contribution in [0, 0.1) is 6.92 Å². The van der Waals surface area contributed by atoms with Gasteiger partial charge in [-0.05, 0) is 46.1 Å². The molecule has 0 aliphatic heterocycles. The van der Waals surface area contributed by atoms with Crippen molar-refractivity contribution in [3.63, 3.8) is 0 Å². The van der Waals surface area contributed by atoms with E-state index in [9.17, 15) is 9.90 Å². The molecule has 0 saturated heterocycles. The second-order valence-electron chi connectivity index (χ2n) is 4.33. The van der Waals surface area contributed by atoms with E-state index in [1.54, 1.807) is 0 Å². The van der Waals surface area contributed by atoms with Gasteiger partial charge in [0.05, 0.1) is 11.2 Å². The zero-order valence-corrected chi connectivity index (χ0v) is 11.3. The van der Waals surface area contributed by atoms with Gasteiger partial charge < -0.3 is 14.8 Å². The minimum absolute atomic E-state index is 0.486. The zero-order chi connectivity index (χ0) is 12.8. The molecule has 1 aromatic rings. The Balaban J connectivity index is 2.60. The quantitative estimate of drug-likeness (QED) is 0.713.